The molecule has 1 fully saturated rings. The highest BCUT2D eigenvalue weighted by atomic mass is 79.9. The lowest BCUT2D eigenvalue weighted by molar-refractivity contribution is -0.118. The number of anilines is 2. The van der Waals surface area contributed by atoms with Crippen LogP contribution < -0.4 is 15.4 Å². The second kappa shape index (κ2) is 7.00. The fourth-order valence-electron chi connectivity index (χ4n) is 3.30. The quantitative estimate of drug-likeness (QED) is 0.629. The minimum Gasteiger partial charge on any atom is -0.482 e. The number of benzene rings is 2. The van der Waals surface area contributed by atoms with Crippen LogP contribution in [0.5, 0.6) is 5.75 Å². The SMILES string of the molecule is O=C1COc2ccc(NC(=O)c3nnn(-c4ccc(Br)cc4)c3C3CC3)cc2N1. The van der Waals surface area contributed by atoms with Crippen LogP contribution in [0, 0.1) is 0 Å². The van der Waals surface area contributed by atoms with Crippen molar-refractivity contribution in [1.82, 2.24) is 15.0 Å². The molecule has 2 aliphatic rings. The molecule has 1 saturated carbocycles. The highest BCUT2D eigenvalue weighted by Gasteiger charge is 2.34. The van der Waals surface area contributed by atoms with Gasteiger partial charge < -0.3 is 15.4 Å². The largest absolute Gasteiger partial charge is 0.482 e. The summed E-state index contributed by atoms with van der Waals surface area (Å²) < 4.78 is 8.05. The number of nitrogens with one attached hydrogen (secondary N) is 2. The van der Waals surface area contributed by atoms with Crippen LogP contribution in [0.15, 0.2) is 46.9 Å². The summed E-state index contributed by atoms with van der Waals surface area (Å²) in [4.78, 5) is 24.5. The smallest absolute Gasteiger partial charge is 0.278 e. The van der Waals surface area contributed by atoms with Gasteiger partial charge in [0.05, 0.1) is 17.1 Å². The molecule has 9 heteroatoms. The molecule has 5 rings (SSSR count). The molecule has 0 radical (unpaired) electrons. The third-order valence-electron chi connectivity index (χ3n) is 4.83. The van der Waals surface area contributed by atoms with Crippen molar-refractivity contribution in [3.63, 3.8) is 0 Å². The summed E-state index contributed by atoms with van der Waals surface area (Å²) in [5, 5.41) is 14.0. The van der Waals surface area contributed by atoms with Gasteiger partial charge in [0.25, 0.3) is 11.8 Å². The molecule has 0 atom stereocenters. The number of halogens is 1. The van der Waals surface area contributed by atoms with Crippen LogP contribution in [-0.4, -0.2) is 33.4 Å². The van der Waals surface area contributed by atoms with E-state index in [1.54, 1.807) is 22.9 Å². The monoisotopic (exact) mass is 453 g/mol. The van der Waals surface area contributed by atoms with Crippen LogP contribution in [0.25, 0.3) is 5.69 Å². The van der Waals surface area contributed by atoms with Gasteiger partial charge >= 0.3 is 0 Å². The average molecular weight is 454 g/mol. The Bertz CT molecular complexity index is 1120. The first-order chi connectivity index (χ1) is 14.1. The van der Waals surface area contributed by atoms with E-state index in [9.17, 15) is 9.59 Å². The maximum atomic E-state index is 12.9. The number of carbonyl (C=O) groups is 2. The summed E-state index contributed by atoms with van der Waals surface area (Å²) >= 11 is 3.43. The summed E-state index contributed by atoms with van der Waals surface area (Å²) in [7, 11) is 0. The Labute approximate surface area is 174 Å². The summed E-state index contributed by atoms with van der Waals surface area (Å²) in [6.45, 7) is -0.0113. The number of rotatable bonds is 4. The number of hydrogen-bond acceptors (Lipinski definition) is 5. The average Bonchev–Trinajstić information content (AvgIpc) is 3.46. The van der Waals surface area contributed by atoms with Crippen LogP contribution in [0.4, 0.5) is 11.4 Å². The summed E-state index contributed by atoms with van der Waals surface area (Å²) in [6.07, 6.45) is 2.01. The molecular formula is C20H16BrN5O3. The van der Waals surface area contributed by atoms with Gasteiger partial charge in [-0.1, -0.05) is 21.1 Å². The first kappa shape index (κ1) is 17.9. The Hall–Kier alpha value is -3.20. The molecule has 0 spiro atoms. The highest BCUT2D eigenvalue weighted by Crippen LogP contribution is 2.42. The molecule has 2 heterocycles. The molecule has 1 aliphatic carbocycles. The van der Waals surface area contributed by atoms with E-state index in [2.05, 4.69) is 36.9 Å². The van der Waals surface area contributed by atoms with Gasteiger partial charge in [-0.25, -0.2) is 4.68 Å². The first-order valence-electron chi connectivity index (χ1n) is 9.18. The molecule has 146 valence electrons. The number of amides is 2. The van der Waals surface area contributed by atoms with E-state index >= 15 is 0 Å². The molecule has 0 unspecified atom stereocenters. The van der Waals surface area contributed by atoms with Crippen molar-refractivity contribution in [3.05, 3.63) is 58.3 Å². The number of hydrogen-bond donors (Lipinski definition) is 2. The van der Waals surface area contributed by atoms with Gasteiger partial charge in [0.15, 0.2) is 12.3 Å². The molecule has 2 aromatic carbocycles. The zero-order valence-corrected chi connectivity index (χ0v) is 16.8. The maximum absolute atomic E-state index is 12.9. The van der Waals surface area contributed by atoms with Crippen molar-refractivity contribution in [2.24, 2.45) is 0 Å². The molecule has 0 saturated heterocycles. The maximum Gasteiger partial charge on any atom is 0.278 e. The van der Waals surface area contributed by atoms with Gasteiger partial charge in [0.2, 0.25) is 0 Å². The predicted molar refractivity (Wildman–Crippen MR) is 110 cm³/mol. The standard InChI is InChI=1S/C20H16BrN5O3/c21-12-3-6-14(7-4-12)26-19(11-1-2-11)18(24-25-26)20(28)22-13-5-8-16-15(9-13)23-17(27)10-29-16/h3-9,11H,1-2,10H2,(H,22,28)(H,23,27). The van der Waals surface area contributed by atoms with Crippen molar-refractivity contribution in [2.75, 3.05) is 17.2 Å². The Morgan fingerprint density at radius 2 is 2.00 bits per heavy atom. The van der Waals surface area contributed by atoms with E-state index in [4.69, 9.17) is 4.74 Å². The number of nitrogens with zero attached hydrogens (tertiary/aromatic N) is 3. The third kappa shape index (κ3) is 3.49. The highest BCUT2D eigenvalue weighted by molar-refractivity contribution is 9.10. The van der Waals surface area contributed by atoms with E-state index in [0.29, 0.717) is 22.8 Å². The summed E-state index contributed by atoms with van der Waals surface area (Å²) in [6, 6.07) is 12.8. The Balaban J connectivity index is 1.44. The summed E-state index contributed by atoms with van der Waals surface area (Å²) in [5.74, 6) is 0.278. The van der Waals surface area contributed by atoms with E-state index in [0.717, 1.165) is 28.7 Å². The van der Waals surface area contributed by atoms with Crippen molar-refractivity contribution < 1.29 is 14.3 Å². The normalized spacial score (nSPS) is 15.3. The molecule has 2 amide bonds. The molecule has 0 bridgehead atoms. The lowest BCUT2D eigenvalue weighted by Gasteiger charge is -2.18. The van der Waals surface area contributed by atoms with Crippen molar-refractivity contribution >= 4 is 39.1 Å². The van der Waals surface area contributed by atoms with Crippen LogP contribution in [-0.2, 0) is 4.79 Å². The Morgan fingerprint density at radius 1 is 1.21 bits per heavy atom. The van der Waals surface area contributed by atoms with Crippen LogP contribution in [0.3, 0.4) is 0 Å². The molecular weight excluding hydrogens is 438 g/mol. The van der Waals surface area contributed by atoms with Crippen molar-refractivity contribution in [2.45, 2.75) is 18.8 Å². The van der Waals surface area contributed by atoms with Crippen LogP contribution in [0.2, 0.25) is 0 Å². The second-order valence-electron chi connectivity index (χ2n) is 6.99. The van der Waals surface area contributed by atoms with Gasteiger partial charge in [0.1, 0.15) is 5.75 Å². The van der Waals surface area contributed by atoms with Gasteiger partial charge in [-0.3, -0.25) is 9.59 Å². The van der Waals surface area contributed by atoms with Crippen molar-refractivity contribution in [3.8, 4) is 11.4 Å². The van der Waals surface area contributed by atoms with Crippen LogP contribution in [0.1, 0.15) is 34.9 Å². The van der Waals surface area contributed by atoms with E-state index in [1.807, 2.05) is 24.3 Å². The molecule has 1 aliphatic heterocycles. The molecule has 29 heavy (non-hydrogen) atoms. The molecule has 3 aromatic rings. The Morgan fingerprint density at radius 3 is 2.76 bits per heavy atom. The topological polar surface area (TPSA) is 98.1 Å². The molecule has 8 nitrogen and oxygen atoms in total. The molecule has 1 aromatic heterocycles. The van der Waals surface area contributed by atoms with Gasteiger partial charge in [0, 0.05) is 16.1 Å². The zero-order valence-electron chi connectivity index (χ0n) is 15.2. The number of fused-ring (bicyclic) bond motifs is 1. The van der Waals surface area contributed by atoms with Crippen LogP contribution >= 0.6 is 15.9 Å². The third-order valence-corrected chi connectivity index (χ3v) is 5.35. The number of ether oxygens (including phenoxy) is 1. The fraction of sp³-hybridized carbons (Fsp3) is 0.200. The number of carbonyl (C=O) groups excluding carboxylic acids is 2. The van der Waals surface area contributed by atoms with Gasteiger partial charge in [-0.05, 0) is 55.3 Å². The fourth-order valence-corrected chi connectivity index (χ4v) is 3.56. The first-order valence-corrected chi connectivity index (χ1v) is 9.97. The number of aromatic nitrogens is 3. The zero-order chi connectivity index (χ0) is 20.0. The van der Waals surface area contributed by atoms with E-state index in [1.165, 1.54) is 0 Å². The van der Waals surface area contributed by atoms with Crippen molar-refractivity contribution in [1.29, 1.82) is 0 Å². The predicted octanol–water partition coefficient (Wildman–Crippen LogP) is 3.49. The van der Waals surface area contributed by atoms with Gasteiger partial charge in [-0.2, -0.15) is 0 Å². The second-order valence-corrected chi connectivity index (χ2v) is 7.90. The minimum absolute atomic E-state index is 0.0113. The Kier molecular flexibility index (Phi) is 4.31. The molecule has 2 N–H and O–H groups in total. The van der Waals surface area contributed by atoms with E-state index in [-0.39, 0.29) is 24.3 Å². The van der Waals surface area contributed by atoms with Gasteiger partial charge in [-0.15, -0.1) is 5.10 Å². The lowest BCUT2D eigenvalue weighted by Crippen LogP contribution is -2.25. The van der Waals surface area contributed by atoms with E-state index < -0.39 is 0 Å². The minimum atomic E-state index is -0.335. The lowest BCUT2D eigenvalue weighted by atomic mass is 10.2. The summed E-state index contributed by atoms with van der Waals surface area (Å²) in [5.41, 5.74) is 3.06.